The maximum Gasteiger partial charge on any atom is 0.0590 e. The van der Waals surface area contributed by atoms with Crippen molar-refractivity contribution in [3.05, 3.63) is 35.4 Å². The van der Waals surface area contributed by atoms with Crippen LogP contribution in [0.4, 0.5) is 0 Å². The van der Waals surface area contributed by atoms with Crippen LogP contribution in [0.15, 0.2) is 24.3 Å². The molecule has 0 spiro atoms. The molecule has 0 aromatic heterocycles. The summed E-state index contributed by atoms with van der Waals surface area (Å²) in [6, 6.07) is 9.74. The predicted octanol–water partition coefficient (Wildman–Crippen LogP) is 3.13. The summed E-state index contributed by atoms with van der Waals surface area (Å²) in [5, 5.41) is 0. The summed E-state index contributed by atoms with van der Waals surface area (Å²) in [5.41, 5.74) is 8.97. The minimum Gasteiger partial charge on any atom is -0.383 e. The van der Waals surface area contributed by atoms with Crippen LogP contribution in [0.25, 0.3) is 0 Å². The first-order chi connectivity index (χ1) is 10.0. The molecule has 2 rings (SSSR count). The van der Waals surface area contributed by atoms with Gasteiger partial charge in [0.2, 0.25) is 0 Å². The van der Waals surface area contributed by atoms with Crippen LogP contribution < -0.4 is 5.73 Å². The predicted molar refractivity (Wildman–Crippen MR) is 88.3 cm³/mol. The van der Waals surface area contributed by atoms with Gasteiger partial charge in [-0.2, -0.15) is 0 Å². The number of hydrogen-bond acceptors (Lipinski definition) is 3. The van der Waals surface area contributed by atoms with Gasteiger partial charge in [-0.25, -0.2) is 0 Å². The molecule has 0 radical (unpaired) electrons. The fraction of sp³-hybridized carbons (Fsp3) is 0.667. The molecule has 3 unspecified atom stereocenters. The van der Waals surface area contributed by atoms with Gasteiger partial charge in [-0.05, 0) is 45.1 Å². The van der Waals surface area contributed by atoms with E-state index in [0.717, 1.165) is 19.1 Å². The van der Waals surface area contributed by atoms with E-state index in [9.17, 15) is 0 Å². The van der Waals surface area contributed by atoms with Gasteiger partial charge in [-0.15, -0.1) is 0 Å². The van der Waals surface area contributed by atoms with Gasteiger partial charge in [0.1, 0.15) is 0 Å². The molecule has 1 saturated carbocycles. The fourth-order valence-electron chi connectivity index (χ4n) is 3.20. The van der Waals surface area contributed by atoms with Gasteiger partial charge in [0.15, 0.2) is 0 Å². The van der Waals surface area contributed by atoms with E-state index < -0.39 is 0 Å². The van der Waals surface area contributed by atoms with Crippen molar-refractivity contribution in [3.63, 3.8) is 0 Å². The molecule has 21 heavy (non-hydrogen) atoms. The van der Waals surface area contributed by atoms with Gasteiger partial charge in [-0.3, -0.25) is 4.90 Å². The highest BCUT2D eigenvalue weighted by Crippen LogP contribution is 2.38. The molecule has 3 heteroatoms. The summed E-state index contributed by atoms with van der Waals surface area (Å²) in [6.07, 6.45) is 2.70. The molecule has 1 aliphatic carbocycles. The Morgan fingerprint density at radius 1 is 1.24 bits per heavy atom. The van der Waals surface area contributed by atoms with Crippen LogP contribution >= 0.6 is 0 Å². The molecule has 1 aromatic carbocycles. The van der Waals surface area contributed by atoms with Gasteiger partial charge in [0.05, 0.1) is 6.61 Å². The highest BCUT2D eigenvalue weighted by atomic mass is 16.5. The molecule has 0 aliphatic heterocycles. The second kappa shape index (κ2) is 7.39. The van der Waals surface area contributed by atoms with Crippen LogP contribution in [-0.2, 0) is 4.74 Å². The Labute approximate surface area is 129 Å². The first kappa shape index (κ1) is 16.5. The highest BCUT2D eigenvalue weighted by molar-refractivity contribution is 5.25. The molecule has 1 aromatic rings. The van der Waals surface area contributed by atoms with E-state index in [1.165, 1.54) is 24.0 Å². The number of rotatable bonds is 8. The zero-order valence-electron chi connectivity index (χ0n) is 13.9. The fourth-order valence-corrected chi connectivity index (χ4v) is 3.20. The summed E-state index contributed by atoms with van der Waals surface area (Å²) < 4.78 is 5.33. The topological polar surface area (TPSA) is 38.5 Å². The Kier molecular flexibility index (Phi) is 5.80. The van der Waals surface area contributed by atoms with Gasteiger partial charge >= 0.3 is 0 Å². The van der Waals surface area contributed by atoms with Crippen molar-refractivity contribution in [1.82, 2.24) is 4.90 Å². The maximum absolute atomic E-state index is 6.36. The summed E-state index contributed by atoms with van der Waals surface area (Å²) >= 11 is 0. The summed E-state index contributed by atoms with van der Waals surface area (Å²) in [4.78, 5) is 2.55. The first-order valence-electron chi connectivity index (χ1n) is 8.11. The van der Waals surface area contributed by atoms with E-state index >= 15 is 0 Å². The smallest absolute Gasteiger partial charge is 0.0590 e. The van der Waals surface area contributed by atoms with Gasteiger partial charge < -0.3 is 10.5 Å². The third-order valence-corrected chi connectivity index (χ3v) is 4.66. The van der Waals surface area contributed by atoms with Crippen molar-refractivity contribution in [1.29, 1.82) is 0 Å². The second-order valence-corrected chi connectivity index (χ2v) is 6.52. The molecule has 118 valence electrons. The van der Waals surface area contributed by atoms with Crippen LogP contribution in [0.5, 0.6) is 0 Å². The first-order valence-corrected chi connectivity index (χ1v) is 8.11. The summed E-state index contributed by atoms with van der Waals surface area (Å²) in [5.74, 6) is 0.827. The number of benzene rings is 1. The lowest BCUT2D eigenvalue weighted by atomic mass is 9.96. The Morgan fingerprint density at radius 3 is 2.33 bits per heavy atom. The zero-order chi connectivity index (χ0) is 15.4. The van der Waals surface area contributed by atoms with E-state index in [0.29, 0.717) is 6.04 Å². The van der Waals surface area contributed by atoms with Crippen molar-refractivity contribution >= 4 is 0 Å². The molecule has 0 bridgehead atoms. The van der Waals surface area contributed by atoms with E-state index in [1.54, 1.807) is 7.11 Å². The lowest BCUT2D eigenvalue weighted by molar-refractivity contribution is 0.0719. The van der Waals surface area contributed by atoms with Crippen LogP contribution in [-0.4, -0.2) is 37.2 Å². The average Bonchev–Trinajstić information content (AvgIpc) is 3.28. The molecular formula is C18H30N2O. The highest BCUT2D eigenvalue weighted by Gasteiger charge is 2.36. The molecule has 0 heterocycles. The number of methoxy groups -OCH3 is 1. The molecule has 2 N–H and O–H groups in total. The van der Waals surface area contributed by atoms with Crippen molar-refractivity contribution in [2.75, 3.05) is 20.3 Å². The van der Waals surface area contributed by atoms with Crippen LogP contribution in [0.2, 0.25) is 0 Å². The molecule has 1 fully saturated rings. The largest absolute Gasteiger partial charge is 0.383 e. The summed E-state index contributed by atoms with van der Waals surface area (Å²) in [6.45, 7) is 8.28. The van der Waals surface area contributed by atoms with Crippen LogP contribution in [0.3, 0.4) is 0 Å². The van der Waals surface area contributed by atoms with Gasteiger partial charge in [-0.1, -0.05) is 29.8 Å². The average molecular weight is 290 g/mol. The quantitative estimate of drug-likeness (QED) is 0.799. The van der Waals surface area contributed by atoms with Crippen LogP contribution in [0.1, 0.15) is 43.9 Å². The standard InChI is InChI=1S/C18H30N2O/c1-13-5-7-17(8-6-13)18(14(2)19)20(11-12-21-4)15(3)16-9-10-16/h5-8,14-16,18H,9-12,19H2,1-4H3. The molecular weight excluding hydrogens is 260 g/mol. The number of ether oxygens (including phenoxy) is 1. The number of hydrogen-bond donors (Lipinski definition) is 1. The molecule has 3 atom stereocenters. The minimum absolute atomic E-state index is 0.103. The number of nitrogens with two attached hydrogens (primary N) is 1. The van der Waals surface area contributed by atoms with Crippen molar-refractivity contribution in [2.24, 2.45) is 11.7 Å². The molecule has 3 nitrogen and oxygen atoms in total. The van der Waals surface area contributed by atoms with E-state index in [1.807, 2.05) is 0 Å². The van der Waals surface area contributed by atoms with E-state index in [2.05, 4.69) is 49.9 Å². The lowest BCUT2D eigenvalue weighted by Gasteiger charge is -2.39. The third-order valence-electron chi connectivity index (χ3n) is 4.66. The third kappa shape index (κ3) is 4.29. The number of aryl methyl sites for hydroxylation is 1. The molecule has 1 aliphatic rings. The van der Waals surface area contributed by atoms with Gasteiger partial charge in [0.25, 0.3) is 0 Å². The Bertz CT molecular complexity index is 425. The molecule has 0 amide bonds. The molecule has 0 saturated heterocycles. The van der Waals surface area contributed by atoms with Crippen molar-refractivity contribution in [3.8, 4) is 0 Å². The van der Waals surface area contributed by atoms with Crippen LogP contribution in [0, 0.1) is 12.8 Å². The maximum atomic E-state index is 6.36. The SMILES string of the molecule is COCCN(C(C)C1CC1)C(c1ccc(C)cc1)C(C)N. The lowest BCUT2D eigenvalue weighted by Crippen LogP contribution is -2.46. The Morgan fingerprint density at radius 2 is 1.86 bits per heavy atom. The summed E-state index contributed by atoms with van der Waals surface area (Å²) in [7, 11) is 1.77. The van der Waals surface area contributed by atoms with Gasteiger partial charge in [0, 0.05) is 31.8 Å². The van der Waals surface area contributed by atoms with Crippen molar-refractivity contribution < 1.29 is 4.74 Å². The second-order valence-electron chi connectivity index (χ2n) is 6.52. The Balaban J connectivity index is 2.23. The Hall–Kier alpha value is -0.900. The zero-order valence-corrected chi connectivity index (χ0v) is 13.9. The normalized spacial score (nSPS) is 19.5. The van der Waals surface area contributed by atoms with E-state index in [-0.39, 0.29) is 12.1 Å². The number of nitrogens with zero attached hydrogens (tertiary/aromatic N) is 1. The van der Waals surface area contributed by atoms with Crippen molar-refractivity contribution in [2.45, 2.75) is 51.7 Å². The van der Waals surface area contributed by atoms with E-state index in [4.69, 9.17) is 10.5 Å². The monoisotopic (exact) mass is 290 g/mol. The minimum atomic E-state index is 0.103.